The van der Waals surface area contributed by atoms with Gasteiger partial charge in [-0.05, 0) is 31.0 Å². The molecule has 0 unspecified atom stereocenters. The Kier molecular flexibility index (Phi) is 6.45. The summed E-state index contributed by atoms with van der Waals surface area (Å²) in [5, 5.41) is 0. The van der Waals surface area contributed by atoms with E-state index in [2.05, 4.69) is 0 Å². The molecular formula is C15H23FN2O2. The van der Waals surface area contributed by atoms with Gasteiger partial charge in [0.15, 0.2) is 0 Å². The molecule has 0 aliphatic heterocycles. The maximum Gasteiger partial charge on any atom is 0.260 e. The third-order valence-electron chi connectivity index (χ3n) is 2.91. The summed E-state index contributed by atoms with van der Waals surface area (Å²) in [6.45, 7) is 5.61. The van der Waals surface area contributed by atoms with E-state index in [-0.39, 0.29) is 17.2 Å². The SMILES string of the molecule is COc1cccc(F)c1C(=O)N(CCCN)CC(C)C. The Morgan fingerprint density at radius 1 is 1.45 bits per heavy atom. The van der Waals surface area contributed by atoms with Gasteiger partial charge in [-0.15, -0.1) is 0 Å². The van der Waals surface area contributed by atoms with Crippen LogP contribution in [-0.2, 0) is 0 Å². The average Bonchev–Trinajstić information content (AvgIpc) is 2.41. The maximum absolute atomic E-state index is 14.0. The van der Waals surface area contributed by atoms with E-state index in [1.54, 1.807) is 11.0 Å². The summed E-state index contributed by atoms with van der Waals surface area (Å²) >= 11 is 0. The lowest BCUT2D eigenvalue weighted by atomic mass is 10.1. The number of rotatable bonds is 7. The Balaban J connectivity index is 3.04. The van der Waals surface area contributed by atoms with Crippen LogP contribution in [0.25, 0.3) is 0 Å². The standard InChI is InChI=1S/C15H23FN2O2/c1-11(2)10-18(9-5-8-17)15(19)14-12(16)6-4-7-13(14)20-3/h4,6-7,11H,5,8-10,17H2,1-3H3. The number of nitrogens with zero attached hydrogens (tertiary/aromatic N) is 1. The van der Waals surface area contributed by atoms with Gasteiger partial charge in [0.1, 0.15) is 17.1 Å². The number of halogens is 1. The first-order valence-corrected chi connectivity index (χ1v) is 6.83. The van der Waals surface area contributed by atoms with E-state index in [0.717, 1.165) is 0 Å². The van der Waals surface area contributed by atoms with Crippen molar-refractivity contribution in [3.05, 3.63) is 29.6 Å². The number of hydrogen-bond donors (Lipinski definition) is 1. The molecule has 1 aromatic carbocycles. The lowest BCUT2D eigenvalue weighted by Crippen LogP contribution is -2.36. The van der Waals surface area contributed by atoms with Gasteiger partial charge < -0.3 is 15.4 Å². The van der Waals surface area contributed by atoms with Gasteiger partial charge in [-0.25, -0.2) is 4.39 Å². The Bertz CT molecular complexity index is 449. The van der Waals surface area contributed by atoms with Crippen LogP contribution >= 0.6 is 0 Å². The van der Waals surface area contributed by atoms with Crippen LogP contribution in [0.2, 0.25) is 0 Å². The number of carbonyl (C=O) groups excluding carboxylic acids is 1. The summed E-state index contributed by atoms with van der Waals surface area (Å²) in [4.78, 5) is 14.2. The highest BCUT2D eigenvalue weighted by atomic mass is 19.1. The van der Waals surface area contributed by atoms with E-state index in [1.165, 1.54) is 19.2 Å². The van der Waals surface area contributed by atoms with Gasteiger partial charge in [0.25, 0.3) is 5.91 Å². The smallest absolute Gasteiger partial charge is 0.260 e. The zero-order valence-electron chi connectivity index (χ0n) is 12.4. The molecule has 0 aliphatic carbocycles. The van der Waals surface area contributed by atoms with E-state index in [4.69, 9.17) is 10.5 Å². The number of amides is 1. The Morgan fingerprint density at radius 3 is 2.70 bits per heavy atom. The van der Waals surface area contributed by atoms with Gasteiger partial charge in [-0.3, -0.25) is 4.79 Å². The third kappa shape index (κ3) is 4.20. The van der Waals surface area contributed by atoms with Crippen molar-refractivity contribution in [2.24, 2.45) is 11.7 Å². The largest absolute Gasteiger partial charge is 0.496 e. The minimum atomic E-state index is -0.559. The molecule has 0 fully saturated rings. The van der Waals surface area contributed by atoms with Crippen LogP contribution in [0, 0.1) is 11.7 Å². The number of carbonyl (C=O) groups is 1. The fraction of sp³-hybridized carbons (Fsp3) is 0.533. The first-order chi connectivity index (χ1) is 9.51. The highest BCUT2D eigenvalue weighted by Gasteiger charge is 2.23. The van der Waals surface area contributed by atoms with Crippen molar-refractivity contribution in [3.8, 4) is 5.75 Å². The molecule has 20 heavy (non-hydrogen) atoms. The number of hydrogen-bond acceptors (Lipinski definition) is 3. The summed E-state index contributed by atoms with van der Waals surface area (Å²) in [6, 6.07) is 4.39. The van der Waals surface area contributed by atoms with Crippen LogP contribution in [0.1, 0.15) is 30.6 Å². The van der Waals surface area contributed by atoms with Gasteiger partial charge in [-0.1, -0.05) is 19.9 Å². The van der Waals surface area contributed by atoms with Gasteiger partial charge in [-0.2, -0.15) is 0 Å². The van der Waals surface area contributed by atoms with Crippen LogP contribution in [0.15, 0.2) is 18.2 Å². The Morgan fingerprint density at radius 2 is 2.15 bits per heavy atom. The fourth-order valence-corrected chi connectivity index (χ4v) is 2.04. The molecule has 1 amide bonds. The van der Waals surface area contributed by atoms with Gasteiger partial charge in [0.2, 0.25) is 0 Å². The molecule has 0 aliphatic rings. The Hall–Kier alpha value is -1.62. The van der Waals surface area contributed by atoms with Gasteiger partial charge in [0.05, 0.1) is 7.11 Å². The highest BCUT2D eigenvalue weighted by molar-refractivity contribution is 5.97. The van der Waals surface area contributed by atoms with E-state index >= 15 is 0 Å². The molecule has 2 N–H and O–H groups in total. The molecule has 112 valence electrons. The van der Waals surface area contributed by atoms with Crippen molar-refractivity contribution in [3.63, 3.8) is 0 Å². The normalized spacial score (nSPS) is 10.7. The Labute approximate surface area is 119 Å². The molecule has 0 saturated carbocycles. The molecule has 1 rings (SSSR count). The van der Waals surface area contributed by atoms with Crippen LogP contribution in [0.5, 0.6) is 5.75 Å². The molecule has 0 aromatic heterocycles. The summed E-state index contributed by atoms with van der Waals surface area (Å²) in [7, 11) is 1.43. The van der Waals surface area contributed by atoms with E-state index in [0.29, 0.717) is 32.0 Å². The highest BCUT2D eigenvalue weighted by Crippen LogP contribution is 2.23. The first-order valence-electron chi connectivity index (χ1n) is 6.83. The first kappa shape index (κ1) is 16.4. The van der Waals surface area contributed by atoms with Crippen molar-refractivity contribution >= 4 is 5.91 Å². The van der Waals surface area contributed by atoms with Crippen molar-refractivity contribution in [2.45, 2.75) is 20.3 Å². The van der Waals surface area contributed by atoms with E-state index in [9.17, 15) is 9.18 Å². The maximum atomic E-state index is 14.0. The molecule has 0 saturated heterocycles. The predicted molar refractivity (Wildman–Crippen MR) is 77.4 cm³/mol. The lowest BCUT2D eigenvalue weighted by Gasteiger charge is -2.25. The minimum Gasteiger partial charge on any atom is -0.496 e. The van der Waals surface area contributed by atoms with Gasteiger partial charge in [0, 0.05) is 13.1 Å². The predicted octanol–water partition coefficient (Wildman–Crippen LogP) is 2.28. The molecule has 0 bridgehead atoms. The third-order valence-corrected chi connectivity index (χ3v) is 2.91. The van der Waals surface area contributed by atoms with Crippen molar-refractivity contribution in [1.29, 1.82) is 0 Å². The van der Waals surface area contributed by atoms with Crippen LogP contribution in [-0.4, -0.2) is 37.6 Å². The number of ether oxygens (including phenoxy) is 1. The second kappa shape index (κ2) is 7.85. The minimum absolute atomic E-state index is 0.00679. The summed E-state index contributed by atoms with van der Waals surface area (Å²) in [5.41, 5.74) is 5.49. The lowest BCUT2D eigenvalue weighted by molar-refractivity contribution is 0.0726. The monoisotopic (exact) mass is 282 g/mol. The van der Waals surface area contributed by atoms with Crippen molar-refractivity contribution in [1.82, 2.24) is 4.90 Å². The molecule has 0 spiro atoms. The second-order valence-corrected chi connectivity index (χ2v) is 5.10. The molecular weight excluding hydrogens is 259 g/mol. The quantitative estimate of drug-likeness (QED) is 0.834. The molecule has 1 aromatic rings. The van der Waals surface area contributed by atoms with Crippen molar-refractivity contribution < 1.29 is 13.9 Å². The topological polar surface area (TPSA) is 55.6 Å². The molecule has 4 nitrogen and oxygen atoms in total. The zero-order valence-corrected chi connectivity index (χ0v) is 12.4. The zero-order chi connectivity index (χ0) is 15.1. The van der Waals surface area contributed by atoms with Gasteiger partial charge >= 0.3 is 0 Å². The van der Waals surface area contributed by atoms with Crippen LogP contribution in [0.4, 0.5) is 4.39 Å². The average molecular weight is 282 g/mol. The molecule has 0 atom stereocenters. The molecule has 0 radical (unpaired) electrons. The van der Waals surface area contributed by atoms with Crippen molar-refractivity contribution in [2.75, 3.05) is 26.7 Å². The molecule has 5 heteroatoms. The summed E-state index contributed by atoms with van der Waals surface area (Å²) < 4.78 is 19.1. The number of methoxy groups -OCH3 is 1. The van der Waals surface area contributed by atoms with E-state index < -0.39 is 5.82 Å². The number of benzene rings is 1. The number of nitrogens with two attached hydrogens (primary N) is 1. The van der Waals surface area contributed by atoms with E-state index in [1.807, 2.05) is 13.8 Å². The van der Waals surface area contributed by atoms with Crippen LogP contribution < -0.4 is 10.5 Å². The van der Waals surface area contributed by atoms with Crippen LogP contribution in [0.3, 0.4) is 0 Å². The summed E-state index contributed by atoms with van der Waals surface area (Å²) in [6.07, 6.45) is 0.690. The molecule has 0 heterocycles. The fourth-order valence-electron chi connectivity index (χ4n) is 2.04. The second-order valence-electron chi connectivity index (χ2n) is 5.10. The summed E-state index contributed by atoms with van der Waals surface area (Å²) in [5.74, 6) is -0.344.